The second kappa shape index (κ2) is 5.48. The Bertz CT molecular complexity index is 271. The fourth-order valence-electron chi connectivity index (χ4n) is 3.84. The van der Waals surface area contributed by atoms with Crippen molar-refractivity contribution in [2.45, 2.75) is 69.6 Å². The highest BCUT2D eigenvalue weighted by atomic mass is 15.3. The van der Waals surface area contributed by atoms with Crippen LogP contribution in [0.4, 0.5) is 0 Å². The Balaban J connectivity index is 1.48. The lowest BCUT2D eigenvalue weighted by molar-refractivity contribution is 0.194. The van der Waals surface area contributed by atoms with Crippen LogP contribution < -0.4 is 5.32 Å². The van der Waals surface area contributed by atoms with Crippen molar-refractivity contribution < 1.29 is 0 Å². The van der Waals surface area contributed by atoms with Gasteiger partial charge in [-0.05, 0) is 52.6 Å². The molecule has 2 saturated heterocycles. The average molecular weight is 251 g/mol. The van der Waals surface area contributed by atoms with Crippen LogP contribution in [-0.2, 0) is 0 Å². The van der Waals surface area contributed by atoms with E-state index in [1.54, 1.807) is 0 Å². The predicted octanol–water partition coefficient (Wildman–Crippen LogP) is 1.69. The van der Waals surface area contributed by atoms with Gasteiger partial charge in [-0.2, -0.15) is 0 Å². The molecule has 18 heavy (non-hydrogen) atoms. The van der Waals surface area contributed by atoms with Crippen LogP contribution in [-0.4, -0.2) is 60.6 Å². The fourth-order valence-corrected chi connectivity index (χ4v) is 3.84. The monoisotopic (exact) mass is 251 g/mol. The lowest BCUT2D eigenvalue weighted by atomic mass is 10.0. The molecular weight excluding hydrogens is 222 g/mol. The first-order valence-electron chi connectivity index (χ1n) is 7.93. The van der Waals surface area contributed by atoms with Crippen LogP contribution in [0.2, 0.25) is 0 Å². The highest BCUT2D eigenvalue weighted by Crippen LogP contribution is 2.34. The topological polar surface area (TPSA) is 18.5 Å². The second-order valence-electron chi connectivity index (χ2n) is 6.75. The van der Waals surface area contributed by atoms with E-state index < -0.39 is 0 Å². The van der Waals surface area contributed by atoms with Crippen LogP contribution in [0.5, 0.6) is 0 Å². The molecule has 3 atom stereocenters. The quantitative estimate of drug-likeness (QED) is 0.820. The van der Waals surface area contributed by atoms with E-state index in [4.69, 9.17) is 0 Å². The average Bonchev–Trinajstić information content (AvgIpc) is 3.14. The van der Waals surface area contributed by atoms with E-state index in [-0.39, 0.29) is 0 Å². The fraction of sp³-hybridized carbons (Fsp3) is 1.00. The summed E-state index contributed by atoms with van der Waals surface area (Å²) in [5.74, 6) is 0. The van der Waals surface area contributed by atoms with Gasteiger partial charge in [-0.1, -0.05) is 6.42 Å². The SMILES string of the molecule is CC1CC(N(C)CC2CCCCN2)CN1C1CC1. The number of piperidine rings is 1. The van der Waals surface area contributed by atoms with Gasteiger partial charge in [0, 0.05) is 37.3 Å². The Morgan fingerprint density at radius 3 is 2.72 bits per heavy atom. The van der Waals surface area contributed by atoms with E-state index in [9.17, 15) is 0 Å². The summed E-state index contributed by atoms with van der Waals surface area (Å²) in [6, 6.07) is 3.29. The number of likely N-dealkylation sites (N-methyl/N-ethyl adjacent to an activating group) is 1. The van der Waals surface area contributed by atoms with Crippen LogP contribution in [0, 0.1) is 0 Å². The van der Waals surface area contributed by atoms with Gasteiger partial charge >= 0.3 is 0 Å². The van der Waals surface area contributed by atoms with Crippen molar-refractivity contribution in [3.63, 3.8) is 0 Å². The molecule has 3 nitrogen and oxygen atoms in total. The summed E-state index contributed by atoms with van der Waals surface area (Å²) in [5, 5.41) is 3.68. The van der Waals surface area contributed by atoms with Crippen LogP contribution >= 0.6 is 0 Å². The maximum Gasteiger partial charge on any atom is 0.0235 e. The number of nitrogens with zero attached hydrogens (tertiary/aromatic N) is 2. The Morgan fingerprint density at radius 1 is 1.22 bits per heavy atom. The second-order valence-corrected chi connectivity index (χ2v) is 6.75. The maximum atomic E-state index is 3.68. The molecule has 0 spiro atoms. The molecule has 3 unspecified atom stereocenters. The van der Waals surface area contributed by atoms with E-state index in [0.29, 0.717) is 0 Å². The molecule has 104 valence electrons. The third-order valence-electron chi connectivity index (χ3n) is 5.16. The molecule has 0 bridgehead atoms. The van der Waals surface area contributed by atoms with Gasteiger partial charge in [-0.25, -0.2) is 0 Å². The van der Waals surface area contributed by atoms with Gasteiger partial charge in [-0.3, -0.25) is 4.90 Å². The molecule has 0 aromatic rings. The summed E-state index contributed by atoms with van der Waals surface area (Å²) < 4.78 is 0. The van der Waals surface area contributed by atoms with Gasteiger partial charge in [0.25, 0.3) is 0 Å². The molecule has 3 rings (SSSR count). The van der Waals surface area contributed by atoms with Gasteiger partial charge in [0.1, 0.15) is 0 Å². The summed E-state index contributed by atoms with van der Waals surface area (Å²) in [7, 11) is 2.34. The van der Waals surface area contributed by atoms with E-state index in [1.807, 2.05) is 0 Å². The highest BCUT2D eigenvalue weighted by Gasteiger charge is 2.40. The van der Waals surface area contributed by atoms with Gasteiger partial charge in [-0.15, -0.1) is 0 Å². The smallest absolute Gasteiger partial charge is 0.0235 e. The Labute approximate surface area is 112 Å². The first kappa shape index (κ1) is 12.9. The standard InChI is InChI=1S/C15H29N3/c1-12-9-15(11-18(12)14-6-7-14)17(2)10-13-5-3-4-8-16-13/h12-16H,3-11H2,1-2H3. The minimum Gasteiger partial charge on any atom is -0.313 e. The predicted molar refractivity (Wildman–Crippen MR) is 75.9 cm³/mol. The minimum atomic E-state index is 0.744. The minimum absolute atomic E-state index is 0.744. The van der Waals surface area contributed by atoms with Crippen LogP contribution in [0.25, 0.3) is 0 Å². The lowest BCUT2D eigenvalue weighted by Gasteiger charge is -2.31. The van der Waals surface area contributed by atoms with Crippen LogP contribution in [0.15, 0.2) is 0 Å². The van der Waals surface area contributed by atoms with Gasteiger partial charge in [0.2, 0.25) is 0 Å². The number of hydrogen-bond donors (Lipinski definition) is 1. The zero-order valence-corrected chi connectivity index (χ0v) is 12.1. The zero-order chi connectivity index (χ0) is 12.5. The van der Waals surface area contributed by atoms with E-state index in [0.717, 1.165) is 24.2 Å². The van der Waals surface area contributed by atoms with Crippen molar-refractivity contribution in [2.75, 3.05) is 26.7 Å². The Morgan fingerprint density at radius 2 is 2.06 bits per heavy atom. The van der Waals surface area contributed by atoms with Gasteiger partial charge in [0.05, 0.1) is 0 Å². The van der Waals surface area contributed by atoms with Crippen molar-refractivity contribution in [1.82, 2.24) is 15.1 Å². The Kier molecular flexibility index (Phi) is 3.92. The number of rotatable bonds is 4. The van der Waals surface area contributed by atoms with Crippen molar-refractivity contribution in [2.24, 2.45) is 0 Å². The molecule has 0 radical (unpaired) electrons. The van der Waals surface area contributed by atoms with E-state index >= 15 is 0 Å². The van der Waals surface area contributed by atoms with E-state index in [2.05, 4.69) is 29.1 Å². The maximum absolute atomic E-state index is 3.68. The number of nitrogens with one attached hydrogen (secondary N) is 1. The molecule has 0 amide bonds. The molecular formula is C15H29N3. The normalized spacial score (nSPS) is 38.5. The van der Waals surface area contributed by atoms with Crippen LogP contribution in [0.3, 0.4) is 0 Å². The van der Waals surface area contributed by atoms with Gasteiger partial charge in [0.15, 0.2) is 0 Å². The summed E-state index contributed by atoms with van der Waals surface area (Å²) in [6.07, 6.45) is 8.44. The molecule has 0 aromatic heterocycles. The zero-order valence-electron chi connectivity index (χ0n) is 12.1. The molecule has 2 aliphatic heterocycles. The molecule has 3 fully saturated rings. The van der Waals surface area contributed by atoms with Crippen LogP contribution in [0.1, 0.15) is 45.4 Å². The van der Waals surface area contributed by atoms with E-state index in [1.165, 1.54) is 58.2 Å². The molecule has 3 aliphatic rings. The van der Waals surface area contributed by atoms with Crippen molar-refractivity contribution in [3.8, 4) is 0 Å². The molecule has 2 heterocycles. The summed E-state index contributed by atoms with van der Waals surface area (Å²) in [5.41, 5.74) is 0. The van der Waals surface area contributed by atoms with Crippen molar-refractivity contribution in [3.05, 3.63) is 0 Å². The first-order valence-corrected chi connectivity index (χ1v) is 7.93. The number of likely N-dealkylation sites (tertiary alicyclic amines) is 1. The third kappa shape index (κ3) is 2.89. The first-order chi connectivity index (χ1) is 8.74. The third-order valence-corrected chi connectivity index (χ3v) is 5.16. The van der Waals surface area contributed by atoms with Crippen molar-refractivity contribution >= 4 is 0 Å². The Hall–Kier alpha value is -0.120. The largest absolute Gasteiger partial charge is 0.313 e. The summed E-state index contributed by atoms with van der Waals surface area (Å²) in [6.45, 7) is 6.21. The van der Waals surface area contributed by atoms with Gasteiger partial charge < -0.3 is 10.2 Å². The summed E-state index contributed by atoms with van der Waals surface area (Å²) >= 11 is 0. The number of hydrogen-bond acceptors (Lipinski definition) is 3. The molecule has 0 aromatic carbocycles. The molecule has 3 heteroatoms. The summed E-state index contributed by atoms with van der Waals surface area (Å²) in [4.78, 5) is 5.39. The lowest BCUT2D eigenvalue weighted by Crippen LogP contribution is -2.46. The molecule has 1 saturated carbocycles. The van der Waals surface area contributed by atoms with Crippen molar-refractivity contribution in [1.29, 1.82) is 0 Å². The highest BCUT2D eigenvalue weighted by molar-refractivity contribution is 4.96. The molecule has 1 N–H and O–H groups in total. The molecule has 1 aliphatic carbocycles.